The van der Waals surface area contributed by atoms with E-state index in [1.807, 2.05) is 28.9 Å². The SMILES string of the molecule is CCCc1nnc2n1N[C@@H](c1ccc(OC)cc1)[C@H](C(=O)Nc1ccc(Cl)cc1)S2. The van der Waals surface area contributed by atoms with Gasteiger partial charge in [-0.25, -0.2) is 4.68 Å². The van der Waals surface area contributed by atoms with E-state index >= 15 is 0 Å². The fourth-order valence-corrected chi connectivity index (χ4v) is 4.52. The molecule has 2 heterocycles. The van der Waals surface area contributed by atoms with E-state index in [1.165, 1.54) is 11.8 Å². The second kappa shape index (κ2) is 8.97. The van der Waals surface area contributed by atoms with Gasteiger partial charge in [0.25, 0.3) is 0 Å². The molecule has 0 saturated heterocycles. The summed E-state index contributed by atoms with van der Waals surface area (Å²) in [6.45, 7) is 2.10. The standard InChI is InChI=1S/C21H22ClN5O2S/c1-3-4-17-24-25-21-27(17)26-18(13-5-11-16(29-2)12-6-13)19(30-21)20(28)23-15-9-7-14(22)8-10-15/h5-12,18-19,26H,3-4H2,1-2H3,(H,23,28)/t18-,19+/m0/s1. The maximum Gasteiger partial charge on any atom is 0.240 e. The van der Waals surface area contributed by atoms with Crippen molar-refractivity contribution in [1.82, 2.24) is 14.9 Å². The van der Waals surface area contributed by atoms with Crippen LogP contribution < -0.4 is 15.5 Å². The number of fused-ring (bicyclic) bond motifs is 1. The van der Waals surface area contributed by atoms with E-state index < -0.39 is 5.25 Å². The zero-order chi connectivity index (χ0) is 21.1. The summed E-state index contributed by atoms with van der Waals surface area (Å²) in [4.78, 5) is 13.2. The summed E-state index contributed by atoms with van der Waals surface area (Å²) in [5.41, 5.74) is 5.12. The first-order valence-corrected chi connectivity index (χ1v) is 10.9. The second-order valence-electron chi connectivity index (χ2n) is 6.90. The van der Waals surface area contributed by atoms with Crippen LogP contribution in [0.3, 0.4) is 0 Å². The molecular formula is C21H22ClN5O2S. The Hall–Kier alpha value is -2.71. The number of benzene rings is 2. The Labute approximate surface area is 184 Å². The van der Waals surface area contributed by atoms with Gasteiger partial charge in [-0.15, -0.1) is 10.2 Å². The van der Waals surface area contributed by atoms with E-state index in [-0.39, 0.29) is 11.9 Å². The third-order valence-electron chi connectivity index (χ3n) is 4.82. The monoisotopic (exact) mass is 443 g/mol. The number of nitrogens with one attached hydrogen (secondary N) is 2. The average Bonchev–Trinajstić information content (AvgIpc) is 3.16. The molecule has 1 aromatic heterocycles. The molecule has 9 heteroatoms. The molecule has 1 aliphatic heterocycles. The van der Waals surface area contributed by atoms with Crippen molar-refractivity contribution in [3.8, 4) is 5.75 Å². The van der Waals surface area contributed by atoms with Crippen molar-refractivity contribution in [2.45, 2.75) is 36.2 Å². The fourth-order valence-electron chi connectivity index (χ4n) is 3.29. The van der Waals surface area contributed by atoms with Crippen LogP contribution in [0, 0.1) is 0 Å². The van der Waals surface area contributed by atoms with Gasteiger partial charge in [-0.1, -0.05) is 42.4 Å². The molecule has 1 aliphatic rings. The number of amides is 1. The number of thioether (sulfide) groups is 1. The molecule has 3 aromatic rings. The first-order chi connectivity index (χ1) is 14.6. The minimum absolute atomic E-state index is 0.123. The first kappa shape index (κ1) is 20.6. The van der Waals surface area contributed by atoms with Gasteiger partial charge < -0.3 is 15.5 Å². The molecule has 0 fully saturated rings. The van der Waals surface area contributed by atoms with Crippen LogP contribution in [0.25, 0.3) is 0 Å². The molecule has 0 radical (unpaired) electrons. The molecule has 2 N–H and O–H groups in total. The normalized spacial score (nSPS) is 17.7. The molecule has 0 unspecified atom stereocenters. The van der Waals surface area contributed by atoms with Crippen LogP contribution in [0.4, 0.5) is 5.69 Å². The molecule has 4 rings (SSSR count). The number of nitrogens with zero attached hydrogens (tertiary/aromatic N) is 3. The highest BCUT2D eigenvalue weighted by atomic mass is 35.5. The largest absolute Gasteiger partial charge is 0.497 e. The number of methoxy groups -OCH3 is 1. The van der Waals surface area contributed by atoms with Crippen LogP contribution in [0.2, 0.25) is 5.02 Å². The summed E-state index contributed by atoms with van der Waals surface area (Å²) in [6, 6.07) is 14.5. The minimum Gasteiger partial charge on any atom is -0.497 e. The van der Waals surface area contributed by atoms with Gasteiger partial charge in [0.15, 0.2) is 5.82 Å². The van der Waals surface area contributed by atoms with Gasteiger partial charge in [-0.3, -0.25) is 4.79 Å². The molecule has 0 bridgehead atoms. The third kappa shape index (κ3) is 4.24. The Balaban J connectivity index is 1.65. The van der Waals surface area contributed by atoms with E-state index in [4.69, 9.17) is 16.3 Å². The number of hydrogen-bond donors (Lipinski definition) is 2. The number of anilines is 1. The van der Waals surface area contributed by atoms with Crippen molar-refractivity contribution in [2.24, 2.45) is 0 Å². The van der Waals surface area contributed by atoms with Crippen LogP contribution >= 0.6 is 23.4 Å². The van der Waals surface area contributed by atoms with Gasteiger partial charge >= 0.3 is 0 Å². The minimum atomic E-state index is -0.444. The number of carbonyl (C=O) groups excluding carboxylic acids is 1. The zero-order valence-corrected chi connectivity index (χ0v) is 18.2. The summed E-state index contributed by atoms with van der Waals surface area (Å²) in [6.07, 6.45) is 1.76. The number of hydrogen-bond acceptors (Lipinski definition) is 6. The highest BCUT2D eigenvalue weighted by Gasteiger charge is 2.37. The first-order valence-electron chi connectivity index (χ1n) is 9.67. The van der Waals surface area contributed by atoms with Gasteiger partial charge in [0.2, 0.25) is 11.1 Å². The van der Waals surface area contributed by atoms with E-state index in [0.29, 0.717) is 15.9 Å². The summed E-state index contributed by atoms with van der Waals surface area (Å²) in [5, 5.41) is 12.4. The highest BCUT2D eigenvalue weighted by Crippen LogP contribution is 2.38. The molecule has 0 aliphatic carbocycles. The van der Waals surface area contributed by atoms with Crippen molar-refractivity contribution in [3.63, 3.8) is 0 Å². The Morgan fingerprint density at radius 3 is 2.60 bits per heavy atom. The van der Waals surface area contributed by atoms with E-state index in [2.05, 4.69) is 27.9 Å². The quantitative estimate of drug-likeness (QED) is 0.591. The Bertz CT molecular complexity index is 1020. The zero-order valence-electron chi connectivity index (χ0n) is 16.6. The molecule has 2 atom stereocenters. The van der Waals surface area contributed by atoms with Crippen molar-refractivity contribution >= 4 is 35.0 Å². The van der Waals surface area contributed by atoms with Crippen molar-refractivity contribution in [1.29, 1.82) is 0 Å². The summed E-state index contributed by atoms with van der Waals surface area (Å²) in [5.74, 6) is 1.50. The summed E-state index contributed by atoms with van der Waals surface area (Å²) < 4.78 is 7.17. The lowest BCUT2D eigenvalue weighted by Gasteiger charge is -2.33. The molecular weight excluding hydrogens is 422 g/mol. The summed E-state index contributed by atoms with van der Waals surface area (Å²) in [7, 11) is 1.63. The number of carbonyl (C=O) groups is 1. The van der Waals surface area contributed by atoms with Crippen LogP contribution in [0.15, 0.2) is 53.7 Å². The van der Waals surface area contributed by atoms with E-state index in [9.17, 15) is 4.79 Å². The number of aromatic nitrogens is 3. The van der Waals surface area contributed by atoms with E-state index in [0.717, 1.165) is 30.0 Å². The average molecular weight is 444 g/mol. The van der Waals surface area contributed by atoms with Crippen LogP contribution in [-0.4, -0.2) is 33.1 Å². The molecule has 30 heavy (non-hydrogen) atoms. The van der Waals surface area contributed by atoms with E-state index in [1.54, 1.807) is 31.4 Å². The highest BCUT2D eigenvalue weighted by molar-refractivity contribution is 8.00. The third-order valence-corrected chi connectivity index (χ3v) is 6.29. The number of rotatable bonds is 6. The lowest BCUT2D eigenvalue weighted by molar-refractivity contribution is -0.116. The second-order valence-corrected chi connectivity index (χ2v) is 8.44. The maximum atomic E-state index is 13.2. The number of halogens is 1. The van der Waals surface area contributed by atoms with Crippen molar-refractivity contribution in [2.75, 3.05) is 17.9 Å². The number of ether oxygens (including phenoxy) is 1. The predicted molar refractivity (Wildman–Crippen MR) is 119 cm³/mol. The molecule has 7 nitrogen and oxygen atoms in total. The van der Waals surface area contributed by atoms with Crippen LogP contribution in [0.1, 0.15) is 30.8 Å². The fraction of sp³-hybridized carbons (Fsp3) is 0.286. The van der Waals surface area contributed by atoms with Gasteiger partial charge in [0.1, 0.15) is 11.0 Å². The Morgan fingerprint density at radius 1 is 1.20 bits per heavy atom. The van der Waals surface area contributed by atoms with Gasteiger partial charge in [-0.05, 0) is 48.4 Å². The predicted octanol–water partition coefficient (Wildman–Crippen LogP) is 4.29. The topological polar surface area (TPSA) is 81.1 Å². The smallest absolute Gasteiger partial charge is 0.240 e. The van der Waals surface area contributed by atoms with Gasteiger partial charge in [-0.2, -0.15) is 0 Å². The number of aryl methyl sites for hydroxylation is 1. The molecule has 1 amide bonds. The lowest BCUT2D eigenvalue weighted by Crippen LogP contribution is -2.41. The molecule has 0 spiro atoms. The van der Waals surface area contributed by atoms with Crippen LogP contribution in [0.5, 0.6) is 5.75 Å². The lowest BCUT2D eigenvalue weighted by atomic mass is 10.0. The molecule has 0 saturated carbocycles. The maximum absolute atomic E-state index is 13.2. The summed E-state index contributed by atoms with van der Waals surface area (Å²) >= 11 is 7.36. The Kier molecular flexibility index (Phi) is 6.15. The van der Waals surface area contributed by atoms with Crippen molar-refractivity contribution < 1.29 is 9.53 Å². The molecule has 2 aromatic carbocycles. The Morgan fingerprint density at radius 2 is 1.93 bits per heavy atom. The van der Waals surface area contributed by atoms with Crippen molar-refractivity contribution in [3.05, 3.63) is 64.9 Å². The van der Waals surface area contributed by atoms with Crippen LogP contribution in [-0.2, 0) is 11.2 Å². The molecule has 156 valence electrons. The van der Waals surface area contributed by atoms with Gasteiger partial charge in [0, 0.05) is 17.1 Å². The van der Waals surface area contributed by atoms with Gasteiger partial charge in [0.05, 0.1) is 13.2 Å².